The number of hydrogen-bond acceptors (Lipinski definition) is 2. The monoisotopic (exact) mass is 246 g/mol. The number of likely N-dealkylation sites (N-methyl/N-ethyl adjacent to an activating group) is 1. The molecule has 2 amide bonds. The summed E-state index contributed by atoms with van der Waals surface area (Å²) in [5, 5.41) is 2.89. The van der Waals surface area contributed by atoms with Crippen molar-refractivity contribution in [1.82, 2.24) is 10.2 Å². The van der Waals surface area contributed by atoms with Crippen molar-refractivity contribution in [3.8, 4) is 0 Å². The van der Waals surface area contributed by atoms with E-state index in [-0.39, 0.29) is 17.9 Å². The van der Waals surface area contributed by atoms with E-state index in [0.29, 0.717) is 19.4 Å². The Morgan fingerprint density at radius 2 is 2.11 bits per heavy atom. The Kier molecular flexibility index (Phi) is 3.97. The third-order valence-electron chi connectivity index (χ3n) is 3.35. The molecule has 1 atom stereocenters. The first-order chi connectivity index (χ1) is 8.68. The summed E-state index contributed by atoms with van der Waals surface area (Å²) in [6.07, 6.45) is 1.93. The predicted molar refractivity (Wildman–Crippen MR) is 68.9 cm³/mol. The van der Waals surface area contributed by atoms with Gasteiger partial charge in [0.15, 0.2) is 0 Å². The highest BCUT2D eigenvalue weighted by Crippen LogP contribution is 2.16. The highest BCUT2D eigenvalue weighted by atomic mass is 16.2. The van der Waals surface area contributed by atoms with Crippen LogP contribution >= 0.6 is 0 Å². The van der Waals surface area contributed by atoms with E-state index in [4.69, 9.17) is 0 Å². The normalized spacial score (nSPS) is 19.1. The fourth-order valence-electron chi connectivity index (χ4n) is 2.20. The van der Waals surface area contributed by atoms with Crippen molar-refractivity contribution in [2.45, 2.75) is 25.3 Å². The largest absolute Gasteiger partial charge is 0.354 e. The zero-order valence-electron chi connectivity index (χ0n) is 10.6. The zero-order valence-corrected chi connectivity index (χ0v) is 10.6. The van der Waals surface area contributed by atoms with Crippen molar-refractivity contribution >= 4 is 11.8 Å². The number of hydrogen-bond donors (Lipinski definition) is 1. The molecule has 1 N–H and O–H groups in total. The minimum Gasteiger partial charge on any atom is -0.354 e. The maximum absolute atomic E-state index is 11.9. The van der Waals surface area contributed by atoms with Crippen LogP contribution in [0, 0.1) is 0 Å². The molecular formula is C14H18N2O2. The van der Waals surface area contributed by atoms with Gasteiger partial charge in [-0.15, -0.1) is 0 Å². The lowest BCUT2D eigenvalue weighted by molar-refractivity contribution is -0.133. The van der Waals surface area contributed by atoms with Crippen molar-refractivity contribution in [3.63, 3.8) is 0 Å². The van der Waals surface area contributed by atoms with Gasteiger partial charge in [0.25, 0.3) is 0 Å². The van der Waals surface area contributed by atoms with Gasteiger partial charge >= 0.3 is 0 Å². The minimum atomic E-state index is -0.284. The van der Waals surface area contributed by atoms with Crippen LogP contribution < -0.4 is 5.32 Å². The van der Waals surface area contributed by atoms with Crippen LogP contribution in [0.25, 0.3) is 0 Å². The van der Waals surface area contributed by atoms with Crippen LogP contribution in [0.4, 0.5) is 0 Å². The van der Waals surface area contributed by atoms with Crippen molar-refractivity contribution < 1.29 is 9.59 Å². The van der Waals surface area contributed by atoms with Gasteiger partial charge in [-0.3, -0.25) is 9.59 Å². The lowest BCUT2D eigenvalue weighted by atomic mass is 10.1. The SMILES string of the molecule is CN1C(=O)CCC1C(=O)NCCc1ccccc1. The lowest BCUT2D eigenvalue weighted by Gasteiger charge is -2.19. The zero-order chi connectivity index (χ0) is 13.0. The molecule has 1 saturated heterocycles. The Morgan fingerprint density at radius 1 is 1.39 bits per heavy atom. The molecule has 4 heteroatoms. The Morgan fingerprint density at radius 3 is 2.72 bits per heavy atom. The molecule has 1 aromatic carbocycles. The van der Waals surface area contributed by atoms with E-state index in [1.807, 2.05) is 30.3 Å². The van der Waals surface area contributed by atoms with Crippen LogP contribution in [0.1, 0.15) is 18.4 Å². The Hall–Kier alpha value is -1.84. The average Bonchev–Trinajstić information content (AvgIpc) is 2.71. The van der Waals surface area contributed by atoms with Crippen molar-refractivity contribution in [1.29, 1.82) is 0 Å². The summed E-state index contributed by atoms with van der Waals surface area (Å²) in [6, 6.07) is 9.74. The first-order valence-electron chi connectivity index (χ1n) is 6.26. The van der Waals surface area contributed by atoms with E-state index >= 15 is 0 Å². The fraction of sp³-hybridized carbons (Fsp3) is 0.429. The van der Waals surface area contributed by atoms with Crippen LogP contribution in [0.2, 0.25) is 0 Å². The second-order valence-corrected chi connectivity index (χ2v) is 4.59. The highest BCUT2D eigenvalue weighted by molar-refractivity contribution is 5.90. The molecule has 2 rings (SSSR count). The van der Waals surface area contributed by atoms with Crippen LogP contribution in [-0.4, -0.2) is 36.3 Å². The Balaban J connectivity index is 1.77. The third-order valence-corrected chi connectivity index (χ3v) is 3.35. The molecule has 0 aromatic heterocycles. The van der Waals surface area contributed by atoms with Crippen LogP contribution in [0.3, 0.4) is 0 Å². The second-order valence-electron chi connectivity index (χ2n) is 4.59. The smallest absolute Gasteiger partial charge is 0.242 e. The number of carbonyl (C=O) groups is 2. The van der Waals surface area contributed by atoms with E-state index in [2.05, 4.69) is 5.32 Å². The van der Waals surface area contributed by atoms with Gasteiger partial charge in [0, 0.05) is 20.0 Å². The molecule has 0 aliphatic carbocycles. The molecule has 0 spiro atoms. The van der Waals surface area contributed by atoms with E-state index in [1.165, 1.54) is 10.5 Å². The third kappa shape index (κ3) is 2.88. The Labute approximate surface area is 107 Å². The Bertz CT molecular complexity index is 431. The van der Waals surface area contributed by atoms with Gasteiger partial charge in [0.05, 0.1) is 0 Å². The summed E-state index contributed by atoms with van der Waals surface area (Å²) < 4.78 is 0. The van der Waals surface area contributed by atoms with Gasteiger partial charge in [0.1, 0.15) is 6.04 Å². The number of nitrogens with zero attached hydrogens (tertiary/aromatic N) is 1. The summed E-state index contributed by atoms with van der Waals surface area (Å²) in [7, 11) is 1.69. The summed E-state index contributed by atoms with van der Waals surface area (Å²) in [6.45, 7) is 0.612. The molecule has 1 fully saturated rings. The van der Waals surface area contributed by atoms with Crippen LogP contribution in [-0.2, 0) is 16.0 Å². The molecule has 1 heterocycles. The lowest BCUT2D eigenvalue weighted by Crippen LogP contribution is -2.43. The predicted octanol–water partition coefficient (Wildman–Crippen LogP) is 0.966. The first-order valence-corrected chi connectivity index (χ1v) is 6.26. The maximum Gasteiger partial charge on any atom is 0.242 e. The molecule has 1 aliphatic heterocycles. The fourth-order valence-corrected chi connectivity index (χ4v) is 2.20. The number of amides is 2. The standard InChI is InChI=1S/C14H18N2O2/c1-16-12(7-8-13(16)17)14(18)15-10-9-11-5-3-2-4-6-11/h2-6,12H,7-10H2,1H3,(H,15,18). The summed E-state index contributed by atoms with van der Waals surface area (Å²) in [4.78, 5) is 24.8. The van der Waals surface area contributed by atoms with Gasteiger partial charge in [-0.25, -0.2) is 0 Å². The second kappa shape index (κ2) is 5.67. The molecule has 4 nitrogen and oxygen atoms in total. The molecule has 96 valence electrons. The van der Waals surface area contributed by atoms with Crippen LogP contribution in [0.5, 0.6) is 0 Å². The number of benzene rings is 1. The summed E-state index contributed by atoms with van der Waals surface area (Å²) in [5.74, 6) is 0.0116. The molecule has 1 aliphatic rings. The summed E-state index contributed by atoms with van der Waals surface area (Å²) >= 11 is 0. The number of carbonyl (C=O) groups excluding carboxylic acids is 2. The highest BCUT2D eigenvalue weighted by Gasteiger charge is 2.32. The molecule has 0 bridgehead atoms. The first kappa shape index (κ1) is 12.6. The van der Waals surface area contributed by atoms with Crippen molar-refractivity contribution in [2.75, 3.05) is 13.6 Å². The molecule has 0 radical (unpaired) electrons. The van der Waals surface area contributed by atoms with E-state index in [9.17, 15) is 9.59 Å². The minimum absolute atomic E-state index is 0.0423. The molecular weight excluding hydrogens is 228 g/mol. The number of nitrogens with one attached hydrogen (secondary N) is 1. The van der Waals surface area contributed by atoms with E-state index < -0.39 is 0 Å². The van der Waals surface area contributed by atoms with Gasteiger partial charge in [-0.1, -0.05) is 30.3 Å². The maximum atomic E-state index is 11.9. The quantitative estimate of drug-likeness (QED) is 0.860. The van der Waals surface area contributed by atoms with Gasteiger partial charge < -0.3 is 10.2 Å². The van der Waals surface area contributed by atoms with Gasteiger partial charge in [0.2, 0.25) is 11.8 Å². The van der Waals surface area contributed by atoms with Gasteiger partial charge in [-0.05, 0) is 18.4 Å². The van der Waals surface area contributed by atoms with E-state index in [1.54, 1.807) is 7.05 Å². The molecule has 0 saturated carbocycles. The van der Waals surface area contributed by atoms with Crippen LogP contribution in [0.15, 0.2) is 30.3 Å². The number of likely N-dealkylation sites (tertiary alicyclic amines) is 1. The van der Waals surface area contributed by atoms with Crippen molar-refractivity contribution in [3.05, 3.63) is 35.9 Å². The topological polar surface area (TPSA) is 49.4 Å². The summed E-state index contributed by atoms with van der Waals surface area (Å²) in [5.41, 5.74) is 1.20. The molecule has 18 heavy (non-hydrogen) atoms. The van der Waals surface area contributed by atoms with E-state index in [0.717, 1.165) is 6.42 Å². The molecule has 1 aromatic rings. The molecule has 1 unspecified atom stereocenters. The van der Waals surface area contributed by atoms with Crippen molar-refractivity contribution in [2.24, 2.45) is 0 Å². The average molecular weight is 246 g/mol. The van der Waals surface area contributed by atoms with Gasteiger partial charge in [-0.2, -0.15) is 0 Å². The number of rotatable bonds is 4.